The van der Waals surface area contributed by atoms with Crippen LogP contribution < -0.4 is 5.32 Å². The summed E-state index contributed by atoms with van der Waals surface area (Å²) >= 11 is 0. The minimum atomic E-state index is -0.365. The first kappa shape index (κ1) is 14.0. The lowest BCUT2D eigenvalue weighted by Crippen LogP contribution is -2.48. The molecule has 1 aliphatic heterocycles. The topological polar surface area (TPSA) is 48.3 Å². The molecular weight excluding hydrogens is 254 g/mol. The molecule has 2 fully saturated rings. The third-order valence-electron chi connectivity index (χ3n) is 4.58. The number of hydrogen-bond donors (Lipinski definition) is 1. The zero-order valence-electron chi connectivity index (χ0n) is 12.6. The van der Waals surface area contributed by atoms with E-state index in [4.69, 9.17) is 9.47 Å². The van der Waals surface area contributed by atoms with Crippen molar-refractivity contribution in [2.75, 3.05) is 20.3 Å². The first-order valence-corrected chi connectivity index (χ1v) is 7.63. The summed E-state index contributed by atoms with van der Waals surface area (Å²) in [7, 11) is 2.04. The fourth-order valence-corrected chi connectivity index (χ4v) is 3.57. The second-order valence-corrected chi connectivity index (χ2v) is 6.16. The maximum Gasteiger partial charge on any atom is 0.170 e. The second kappa shape index (κ2) is 5.47. The Morgan fingerprint density at radius 1 is 1.40 bits per heavy atom. The molecule has 1 aliphatic carbocycles. The SMILES string of the molecule is CNC1CCC2(CC1n1ccnc1C(C)C)OCCO2. The zero-order chi connectivity index (χ0) is 14.2. The van der Waals surface area contributed by atoms with Gasteiger partial charge in [-0.3, -0.25) is 0 Å². The van der Waals surface area contributed by atoms with E-state index in [9.17, 15) is 0 Å². The maximum atomic E-state index is 5.92. The molecule has 0 aromatic carbocycles. The molecule has 1 N–H and O–H groups in total. The number of likely N-dealkylation sites (N-methyl/N-ethyl adjacent to an activating group) is 1. The molecular formula is C15H25N3O2. The predicted octanol–water partition coefficient (Wildman–Crippen LogP) is 2.06. The second-order valence-electron chi connectivity index (χ2n) is 6.16. The lowest BCUT2D eigenvalue weighted by atomic mass is 9.85. The molecule has 5 nitrogen and oxygen atoms in total. The summed E-state index contributed by atoms with van der Waals surface area (Å²) in [4.78, 5) is 4.53. The van der Waals surface area contributed by atoms with Crippen molar-refractivity contribution in [3.63, 3.8) is 0 Å². The Balaban J connectivity index is 1.89. The smallest absolute Gasteiger partial charge is 0.170 e. The summed E-state index contributed by atoms with van der Waals surface area (Å²) in [5.41, 5.74) is 0. The Kier molecular flexibility index (Phi) is 3.84. The molecule has 112 valence electrons. The van der Waals surface area contributed by atoms with E-state index in [1.54, 1.807) is 0 Å². The molecule has 1 saturated carbocycles. The fourth-order valence-electron chi connectivity index (χ4n) is 3.57. The minimum Gasteiger partial charge on any atom is -0.347 e. The Hall–Kier alpha value is -0.910. The first-order valence-electron chi connectivity index (χ1n) is 7.63. The average molecular weight is 279 g/mol. The van der Waals surface area contributed by atoms with Crippen molar-refractivity contribution in [1.82, 2.24) is 14.9 Å². The minimum absolute atomic E-state index is 0.340. The van der Waals surface area contributed by atoms with Crippen LogP contribution in [-0.2, 0) is 9.47 Å². The van der Waals surface area contributed by atoms with Gasteiger partial charge >= 0.3 is 0 Å². The molecule has 3 rings (SSSR count). The van der Waals surface area contributed by atoms with Crippen molar-refractivity contribution >= 4 is 0 Å². The number of nitrogens with one attached hydrogen (secondary N) is 1. The number of aromatic nitrogens is 2. The van der Waals surface area contributed by atoms with Gasteiger partial charge in [0.15, 0.2) is 5.79 Å². The largest absolute Gasteiger partial charge is 0.347 e. The van der Waals surface area contributed by atoms with E-state index in [2.05, 4.69) is 34.9 Å². The van der Waals surface area contributed by atoms with Crippen molar-refractivity contribution in [1.29, 1.82) is 0 Å². The molecule has 2 aliphatic rings. The zero-order valence-corrected chi connectivity index (χ0v) is 12.6. The molecule has 5 heteroatoms. The quantitative estimate of drug-likeness (QED) is 0.920. The highest BCUT2D eigenvalue weighted by molar-refractivity contribution is 5.05. The van der Waals surface area contributed by atoms with Crippen LogP contribution in [0.4, 0.5) is 0 Å². The van der Waals surface area contributed by atoms with Crippen LogP contribution in [0.25, 0.3) is 0 Å². The van der Waals surface area contributed by atoms with Gasteiger partial charge in [0.1, 0.15) is 5.82 Å². The van der Waals surface area contributed by atoms with E-state index in [-0.39, 0.29) is 5.79 Å². The van der Waals surface area contributed by atoms with Gasteiger partial charge < -0.3 is 19.4 Å². The van der Waals surface area contributed by atoms with E-state index >= 15 is 0 Å². The lowest BCUT2D eigenvalue weighted by molar-refractivity contribution is -0.188. The maximum absolute atomic E-state index is 5.92. The molecule has 1 aromatic rings. The van der Waals surface area contributed by atoms with Crippen LogP contribution >= 0.6 is 0 Å². The third kappa shape index (κ3) is 2.38. The van der Waals surface area contributed by atoms with Gasteiger partial charge in [0.25, 0.3) is 0 Å². The van der Waals surface area contributed by atoms with Crippen LogP contribution in [0.1, 0.15) is 50.9 Å². The molecule has 0 radical (unpaired) electrons. The lowest BCUT2D eigenvalue weighted by Gasteiger charge is -2.42. The van der Waals surface area contributed by atoms with Gasteiger partial charge in [-0.1, -0.05) is 13.8 Å². The Bertz CT molecular complexity index is 452. The summed E-state index contributed by atoms with van der Waals surface area (Å²) < 4.78 is 14.2. The predicted molar refractivity (Wildman–Crippen MR) is 76.7 cm³/mol. The number of nitrogens with zero attached hydrogens (tertiary/aromatic N) is 2. The third-order valence-corrected chi connectivity index (χ3v) is 4.58. The summed E-state index contributed by atoms with van der Waals surface area (Å²) in [6, 6.07) is 0.784. The highest BCUT2D eigenvalue weighted by Crippen LogP contribution is 2.41. The van der Waals surface area contributed by atoms with E-state index in [1.807, 2.05) is 13.2 Å². The Labute approximate surface area is 120 Å². The summed E-state index contributed by atoms with van der Waals surface area (Å²) in [5, 5.41) is 3.46. The normalized spacial score (nSPS) is 29.4. The molecule has 2 heterocycles. The van der Waals surface area contributed by atoms with Gasteiger partial charge in [-0.2, -0.15) is 0 Å². The van der Waals surface area contributed by atoms with E-state index in [1.165, 1.54) is 0 Å². The van der Waals surface area contributed by atoms with Crippen molar-refractivity contribution < 1.29 is 9.47 Å². The van der Waals surface area contributed by atoms with Crippen molar-refractivity contribution in [3.8, 4) is 0 Å². The van der Waals surface area contributed by atoms with Crippen molar-refractivity contribution in [3.05, 3.63) is 18.2 Å². The van der Waals surface area contributed by atoms with Gasteiger partial charge in [0, 0.05) is 37.2 Å². The van der Waals surface area contributed by atoms with E-state index in [0.717, 1.165) is 38.3 Å². The molecule has 2 unspecified atom stereocenters. The summed E-state index contributed by atoms with van der Waals surface area (Å²) in [6.07, 6.45) is 6.93. The first-order chi connectivity index (χ1) is 9.65. The van der Waals surface area contributed by atoms with Gasteiger partial charge in [-0.25, -0.2) is 4.98 Å². The Morgan fingerprint density at radius 2 is 2.15 bits per heavy atom. The molecule has 20 heavy (non-hydrogen) atoms. The molecule has 2 atom stereocenters. The molecule has 0 bridgehead atoms. The number of ether oxygens (including phenoxy) is 2. The molecule has 1 spiro atoms. The molecule has 0 amide bonds. The van der Waals surface area contributed by atoms with Gasteiger partial charge in [-0.05, 0) is 13.5 Å². The monoisotopic (exact) mass is 279 g/mol. The van der Waals surface area contributed by atoms with E-state index in [0.29, 0.717) is 18.0 Å². The van der Waals surface area contributed by atoms with Crippen LogP contribution in [-0.4, -0.2) is 41.6 Å². The standard InChI is InChI=1S/C15H25N3O2/c1-11(2)14-17-6-7-18(14)13-10-15(19-8-9-20-15)5-4-12(13)16-3/h6-7,11-13,16H,4-5,8-10H2,1-3H3. The van der Waals surface area contributed by atoms with E-state index < -0.39 is 0 Å². The van der Waals surface area contributed by atoms with Crippen LogP contribution in [0.2, 0.25) is 0 Å². The molecule has 1 aromatic heterocycles. The summed E-state index contributed by atoms with van der Waals surface area (Å²) in [6.45, 7) is 5.82. The van der Waals surface area contributed by atoms with Crippen LogP contribution in [0.5, 0.6) is 0 Å². The Morgan fingerprint density at radius 3 is 2.80 bits per heavy atom. The number of imidazole rings is 1. The van der Waals surface area contributed by atoms with Crippen LogP contribution in [0, 0.1) is 0 Å². The van der Waals surface area contributed by atoms with Crippen LogP contribution in [0.3, 0.4) is 0 Å². The average Bonchev–Trinajstić information content (AvgIpc) is 3.08. The van der Waals surface area contributed by atoms with Gasteiger partial charge in [0.05, 0.1) is 19.3 Å². The number of rotatable bonds is 3. The van der Waals surface area contributed by atoms with Gasteiger partial charge in [0.2, 0.25) is 0 Å². The van der Waals surface area contributed by atoms with Crippen molar-refractivity contribution in [2.24, 2.45) is 0 Å². The number of hydrogen-bond acceptors (Lipinski definition) is 4. The highest BCUT2D eigenvalue weighted by atomic mass is 16.7. The summed E-state index contributed by atoms with van der Waals surface area (Å²) in [5.74, 6) is 1.20. The molecule has 1 saturated heterocycles. The highest BCUT2D eigenvalue weighted by Gasteiger charge is 2.45. The van der Waals surface area contributed by atoms with Crippen molar-refractivity contribution in [2.45, 2.75) is 56.9 Å². The van der Waals surface area contributed by atoms with Crippen LogP contribution in [0.15, 0.2) is 12.4 Å². The van der Waals surface area contributed by atoms with Gasteiger partial charge in [-0.15, -0.1) is 0 Å². The fraction of sp³-hybridized carbons (Fsp3) is 0.800.